The molecular formula is C15H20Cl2N2O2. The average molecular weight is 331 g/mol. The first-order valence-corrected chi connectivity index (χ1v) is 7.85. The van der Waals surface area contributed by atoms with Crippen LogP contribution in [0.5, 0.6) is 0 Å². The van der Waals surface area contributed by atoms with Crippen LogP contribution in [0.1, 0.15) is 24.8 Å². The number of amides is 1. The number of morpholine rings is 1. The summed E-state index contributed by atoms with van der Waals surface area (Å²) in [6.07, 6.45) is 0.420. The number of rotatable bonds is 5. The maximum Gasteiger partial charge on any atom is 0.221 e. The second kappa shape index (κ2) is 7.99. The Labute approximate surface area is 135 Å². The normalized spacial score (nSPS) is 20.0. The fourth-order valence-electron chi connectivity index (χ4n) is 2.40. The van der Waals surface area contributed by atoms with E-state index in [2.05, 4.69) is 10.6 Å². The summed E-state index contributed by atoms with van der Waals surface area (Å²) in [5, 5.41) is 7.45. The van der Waals surface area contributed by atoms with Gasteiger partial charge in [0.05, 0.1) is 13.2 Å². The molecule has 0 aliphatic carbocycles. The van der Waals surface area contributed by atoms with Crippen LogP contribution in [-0.2, 0) is 9.53 Å². The fourth-order valence-corrected chi connectivity index (χ4v) is 3.17. The number of carbonyl (C=O) groups is 1. The van der Waals surface area contributed by atoms with Crippen molar-refractivity contribution in [2.75, 3.05) is 26.3 Å². The van der Waals surface area contributed by atoms with Crippen LogP contribution in [0.2, 0.25) is 10.0 Å². The molecule has 0 bridgehead atoms. The third-order valence-electron chi connectivity index (χ3n) is 3.53. The number of hydrogen-bond acceptors (Lipinski definition) is 3. The topological polar surface area (TPSA) is 50.4 Å². The second-order valence-corrected chi connectivity index (χ2v) is 6.08. The lowest BCUT2D eigenvalue weighted by molar-refractivity contribution is -0.122. The largest absolute Gasteiger partial charge is 0.378 e. The molecule has 2 atom stereocenters. The first-order valence-electron chi connectivity index (χ1n) is 7.09. The van der Waals surface area contributed by atoms with Crippen LogP contribution in [0.3, 0.4) is 0 Å². The van der Waals surface area contributed by atoms with E-state index in [0.717, 1.165) is 12.1 Å². The van der Waals surface area contributed by atoms with Crippen molar-refractivity contribution in [1.82, 2.24) is 10.6 Å². The Morgan fingerprint density at radius 3 is 2.81 bits per heavy atom. The first kappa shape index (κ1) is 16.6. The van der Waals surface area contributed by atoms with E-state index in [0.29, 0.717) is 36.2 Å². The minimum atomic E-state index is 0.00743. The van der Waals surface area contributed by atoms with Crippen LogP contribution in [0.4, 0.5) is 0 Å². The van der Waals surface area contributed by atoms with Gasteiger partial charge in [-0.3, -0.25) is 4.79 Å². The molecule has 4 nitrogen and oxygen atoms in total. The van der Waals surface area contributed by atoms with Crippen molar-refractivity contribution in [3.63, 3.8) is 0 Å². The summed E-state index contributed by atoms with van der Waals surface area (Å²) in [5.74, 6) is 0.0683. The van der Waals surface area contributed by atoms with Crippen molar-refractivity contribution in [3.8, 4) is 0 Å². The highest BCUT2D eigenvalue weighted by Gasteiger charge is 2.18. The summed E-state index contributed by atoms with van der Waals surface area (Å²) < 4.78 is 5.33. The van der Waals surface area contributed by atoms with Crippen LogP contribution in [0, 0.1) is 0 Å². The van der Waals surface area contributed by atoms with Gasteiger partial charge in [0, 0.05) is 41.5 Å². The van der Waals surface area contributed by atoms with Gasteiger partial charge in [0.1, 0.15) is 0 Å². The molecule has 1 heterocycles. The number of carbonyl (C=O) groups excluding carboxylic acids is 1. The van der Waals surface area contributed by atoms with Gasteiger partial charge in [0.15, 0.2) is 0 Å². The van der Waals surface area contributed by atoms with Crippen molar-refractivity contribution < 1.29 is 9.53 Å². The van der Waals surface area contributed by atoms with Gasteiger partial charge in [-0.25, -0.2) is 0 Å². The summed E-state index contributed by atoms with van der Waals surface area (Å²) in [6, 6.07) is 5.53. The van der Waals surface area contributed by atoms with Crippen LogP contribution in [0.15, 0.2) is 18.2 Å². The number of nitrogens with one attached hydrogen (secondary N) is 2. The van der Waals surface area contributed by atoms with E-state index >= 15 is 0 Å². The van der Waals surface area contributed by atoms with Gasteiger partial charge >= 0.3 is 0 Å². The number of benzene rings is 1. The van der Waals surface area contributed by atoms with Gasteiger partial charge in [-0.05, 0) is 17.7 Å². The molecule has 0 aromatic heterocycles. The molecule has 1 amide bonds. The molecule has 2 rings (SSSR count). The Bertz CT molecular complexity index is 470. The smallest absolute Gasteiger partial charge is 0.221 e. The lowest BCUT2D eigenvalue weighted by Crippen LogP contribution is -2.44. The van der Waals surface area contributed by atoms with Gasteiger partial charge in [-0.1, -0.05) is 36.2 Å². The van der Waals surface area contributed by atoms with Gasteiger partial charge in [-0.15, -0.1) is 0 Å². The molecule has 0 radical (unpaired) electrons. The van der Waals surface area contributed by atoms with Crippen molar-refractivity contribution in [3.05, 3.63) is 33.8 Å². The number of halogens is 2. The quantitative estimate of drug-likeness (QED) is 0.872. The van der Waals surface area contributed by atoms with Crippen molar-refractivity contribution in [1.29, 1.82) is 0 Å². The Balaban J connectivity index is 1.83. The highest BCUT2D eigenvalue weighted by molar-refractivity contribution is 6.36. The van der Waals surface area contributed by atoms with Gasteiger partial charge in [0.2, 0.25) is 5.91 Å². The van der Waals surface area contributed by atoms with E-state index in [1.165, 1.54) is 0 Å². The molecule has 1 aromatic rings. The lowest BCUT2D eigenvalue weighted by atomic mass is 10.0. The SMILES string of the molecule is CC(CNC(=O)CC1COCCN1)c1c(Cl)cccc1Cl. The molecule has 6 heteroatoms. The molecule has 116 valence electrons. The number of hydrogen-bond donors (Lipinski definition) is 2. The minimum Gasteiger partial charge on any atom is -0.378 e. The minimum absolute atomic E-state index is 0.00743. The maximum absolute atomic E-state index is 11.9. The third-order valence-corrected chi connectivity index (χ3v) is 4.19. The van der Waals surface area contributed by atoms with Crippen LogP contribution >= 0.6 is 23.2 Å². The van der Waals surface area contributed by atoms with Gasteiger partial charge < -0.3 is 15.4 Å². The highest BCUT2D eigenvalue weighted by atomic mass is 35.5. The Kier molecular flexibility index (Phi) is 6.30. The molecule has 1 aliphatic rings. The van der Waals surface area contributed by atoms with Crippen molar-refractivity contribution in [2.24, 2.45) is 0 Å². The molecule has 0 saturated carbocycles. The number of ether oxygens (including phenoxy) is 1. The highest BCUT2D eigenvalue weighted by Crippen LogP contribution is 2.30. The van der Waals surface area contributed by atoms with Gasteiger partial charge in [-0.2, -0.15) is 0 Å². The predicted octanol–water partition coefficient (Wildman–Crippen LogP) is 2.59. The summed E-state index contributed by atoms with van der Waals surface area (Å²) in [6.45, 7) is 4.59. The monoisotopic (exact) mass is 330 g/mol. The van der Waals surface area contributed by atoms with Crippen LogP contribution < -0.4 is 10.6 Å². The maximum atomic E-state index is 11.9. The zero-order chi connectivity index (χ0) is 15.2. The second-order valence-electron chi connectivity index (χ2n) is 5.27. The zero-order valence-electron chi connectivity index (χ0n) is 12.0. The summed E-state index contributed by atoms with van der Waals surface area (Å²) >= 11 is 12.3. The van der Waals surface area contributed by atoms with E-state index in [1.54, 1.807) is 0 Å². The molecule has 2 N–H and O–H groups in total. The van der Waals surface area contributed by atoms with Gasteiger partial charge in [0.25, 0.3) is 0 Å². The molecule has 1 fully saturated rings. The molecule has 0 spiro atoms. The molecular weight excluding hydrogens is 311 g/mol. The molecule has 21 heavy (non-hydrogen) atoms. The Morgan fingerprint density at radius 1 is 1.48 bits per heavy atom. The Morgan fingerprint density at radius 2 is 2.19 bits per heavy atom. The van der Waals surface area contributed by atoms with Crippen LogP contribution in [-0.4, -0.2) is 38.3 Å². The fraction of sp³-hybridized carbons (Fsp3) is 0.533. The summed E-state index contributed by atoms with van der Waals surface area (Å²) in [4.78, 5) is 11.9. The predicted molar refractivity (Wildman–Crippen MR) is 85.1 cm³/mol. The average Bonchev–Trinajstić information content (AvgIpc) is 2.46. The van der Waals surface area contributed by atoms with E-state index < -0.39 is 0 Å². The van der Waals surface area contributed by atoms with E-state index in [-0.39, 0.29) is 17.9 Å². The van der Waals surface area contributed by atoms with Crippen LogP contribution in [0.25, 0.3) is 0 Å². The van der Waals surface area contributed by atoms with E-state index in [9.17, 15) is 4.79 Å². The zero-order valence-corrected chi connectivity index (χ0v) is 13.5. The summed E-state index contributed by atoms with van der Waals surface area (Å²) in [5.41, 5.74) is 0.875. The molecule has 1 saturated heterocycles. The van der Waals surface area contributed by atoms with Crippen molar-refractivity contribution >= 4 is 29.1 Å². The first-order chi connectivity index (χ1) is 10.1. The van der Waals surface area contributed by atoms with E-state index in [4.69, 9.17) is 27.9 Å². The molecule has 1 aliphatic heterocycles. The lowest BCUT2D eigenvalue weighted by Gasteiger charge is -2.23. The molecule has 1 aromatic carbocycles. The third kappa shape index (κ3) is 4.85. The summed E-state index contributed by atoms with van der Waals surface area (Å²) in [7, 11) is 0. The van der Waals surface area contributed by atoms with E-state index in [1.807, 2.05) is 25.1 Å². The standard InChI is InChI=1S/C15H20Cl2N2O2/c1-10(15-12(16)3-2-4-13(15)17)8-19-14(20)7-11-9-21-6-5-18-11/h2-4,10-11,18H,5-9H2,1H3,(H,19,20). The van der Waals surface area contributed by atoms with Crippen molar-refractivity contribution in [2.45, 2.75) is 25.3 Å². The molecule has 2 unspecified atom stereocenters. The Hall–Kier alpha value is -0.810.